The van der Waals surface area contributed by atoms with E-state index in [2.05, 4.69) is 20.9 Å². The summed E-state index contributed by atoms with van der Waals surface area (Å²) >= 11 is 1.43. The van der Waals surface area contributed by atoms with Crippen molar-refractivity contribution in [2.24, 2.45) is 22.2 Å². The van der Waals surface area contributed by atoms with Gasteiger partial charge in [0.2, 0.25) is 17.7 Å². The van der Waals surface area contributed by atoms with Gasteiger partial charge in [-0.05, 0) is 31.3 Å². The molecule has 0 bridgehead atoms. The van der Waals surface area contributed by atoms with Crippen molar-refractivity contribution in [3.63, 3.8) is 0 Å². The second-order valence-corrected chi connectivity index (χ2v) is 7.24. The lowest BCUT2D eigenvalue weighted by molar-refractivity contribution is -0.141. The van der Waals surface area contributed by atoms with Gasteiger partial charge in [-0.1, -0.05) is 0 Å². The minimum absolute atomic E-state index is 0.0759. The van der Waals surface area contributed by atoms with Crippen LogP contribution in [0.25, 0.3) is 0 Å². The van der Waals surface area contributed by atoms with Crippen LogP contribution in [0.1, 0.15) is 19.3 Å². The monoisotopic (exact) mass is 449 g/mol. The molecule has 11 N–H and O–H groups in total. The molecule has 0 rings (SSSR count). The number of thioether (sulfide) groups is 1. The molecule has 0 aliphatic carbocycles. The Morgan fingerprint density at radius 2 is 1.73 bits per heavy atom. The largest absolute Gasteiger partial charge is 0.480 e. The van der Waals surface area contributed by atoms with E-state index in [9.17, 15) is 24.3 Å². The number of hydrogen-bond acceptors (Lipinski definition) is 8. The molecular formula is C16H31N7O6S. The van der Waals surface area contributed by atoms with Gasteiger partial charge in [-0.2, -0.15) is 11.8 Å². The number of guanidine groups is 1. The standard InChI is InChI=1S/C16H31N7O6S/c1-30-6-4-10(15(28)29)22-12(25)7-21-14(27)11(8-24)23-13(26)9(17)3-2-5-20-16(18)19/h9-11,24H,2-8,17H2,1H3,(H,21,27)(H,22,25)(H,23,26)(H,28,29)(H4,18,19,20). The molecule has 0 aliphatic rings. The van der Waals surface area contributed by atoms with Crippen LogP contribution < -0.4 is 33.2 Å². The van der Waals surface area contributed by atoms with Crippen LogP contribution in [0.5, 0.6) is 0 Å². The van der Waals surface area contributed by atoms with Crippen molar-refractivity contribution in [2.45, 2.75) is 37.4 Å². The van der Waals surface area contributed by atoms with Gasteiger partial charge in [0, 0.05) is 6.54 Å². The maximum absolute atomic E-state index is 12.1. The molecule has 13 nitrogen and oxygen atoms in total. The first-order valence-electron chi connectivity index (χ1n) is 9.13. The van der Waals surface area contributed by atoms with Crippen LogP contribution in [-0.2, 0) is 19.2 Å². The highest BCUT2D eigenvalue weighted by atomic mass is 32.2. The smallest absolute Gasteiger partial charge is 0.326 e. The molecule has 14 heteroatoms. The van der Waals surface area contributed by atoms with Crippen molar-refractivity contribution in [2.75, 3.05) is 31.7 Å². The van der Waals surface area contributed by atoms with Gasteiger partial charge in [0.25, 0.3) is 0 Å². The van der Waals surface area contributed by atoms with E-state index in [1.54, 1.807) is 6.26 Å². The van der Waals surface area contributed by atoms with Gasteiger partial charge in [-0.25, -0.2) is 4.79 Å². The zero-order chi connectivity index (χ0) is 23.1. The number of carbonyl (C=O) groups excluding carboxylic acids is 3. The van der Waals surface area contributed by atoms with Crippen molar-refractivity contribution >= 4 is 41.4 Å². The van der Waals surface area contributed by atoms with Gasteiger partial charge in [0.05, 0.1) is 19.2 Å². The number of amides is 3. The highest BCUT2D eigenvalue weighted by molar-refractivity contribution is 7.98. The summed E-state index contributed by atoms with van der Waals surface area (Å²) < 4.78 is 0. The number of aliphatic imine (C=N–C) groups is 1. The number of nitrogens with one attached hydrogen (secondary N) is 3. The number of aliphatic hydroxyl groups is 1. The first kappa shape index (κ1) is 27.4. The number of hydrogen-bond donors (Lipinski definition) is 8. The van der Waals surface area contributed by atoms with Crippen molar-refractivity contribution in [1.29, 1.82) is 0 Å². The highest BCUT2D eigenvalue weighted by Gasteiger charge is 2.24. The minimum Gasteiger partial charge on any atom is -0.480 e. The molecule has 30 heavy (non-hydrogen) atoms. The molecule has 0 radical (unpaired) electrons. The molecule has 0 fully saturated rings. The molecule has 172 valence electrons. The Hall–Kier alpha value is -2.58. The molecule has 0 heterocycles. The van der Waals surface area contributed by atoms with Crippen molar-refractivity contribution in [3.05, 3.63) is 0 Å². The summed E-state index contributed by atoms with van der Waals surface area (Å²) in [6, 6.07) is -3.34. The van der Waals surface area contributed by atoms with Gasteiger partial charge < -0.3 is 43.4 Å². The molecule has 0 spiro atoms. The number of rotatable bonds is 15. The summed E-state index contributed by atoms with van der Waals surface area (Å²) in [6.45, 7) is -0.944. The average Bonchev–Trinajstić information content (AvgIpc) is 2.69. The third-order valence-electron chi connectivity index (χ3n) is 3.79. The Labute approximate surface area is 178 Å². The summed E-state index contributed by atoms with van der Waals surface area (Å²) in [4.78, 5) is 50.9. The second-order valence-electron chi connectivity index (χ2n) is 6.26. The van der Waals surface area contributed by atoms with E-state index in [-0.39, 0.29) is 25.3 Å². The van der Waals surface area contributed by atoms with Crippen LogP contribution in [0.4, 0.5) is 0 Å². The molecule has 3 unspecified atom stereocenters. The van der Waals surface area contributed by atoms with Crippen LogP contribution in [0.2, 0.25) is 0 Å². The van der Waals surface area contributed by atoms with E-state index in [0.717, 1.165) is 0 Å². The third-order valence-corrected chi connectivity index (χ3v) is 4.43. The van der Waals surface area contributed by atoms with Crippen LogP contribution in [0.3, 0.4) is 0 Å². The predicted octanol–water partition coefficient (Wildman–Crippen LogP) is -3.72. The Bertz CT molecular complexity index is 615. The van der Waals surface area contributed by atoms with E-state index in [4.69, 9.17) is 22.3 Å². The van der Waals surface area contributed by atoms with Crippen LogP contribution in [0.15, 0.2) is 4.99 Å². The molecule has 3 atom stereocenters. The van der Waals surface area contributed by atoms with E-state index in [1.807, 2.05) is 0 Å². The minimum atomic E-state index is -1.32. The van der Waals surface area contributed by atoms with Gasteiger partial charge >= 0.3 is 5.97 Å². The van der Waals surface area contributed by atoms with Gasteiger partial charge in [-0.15, -0.1) is 0 Å². The molecule has 0 aromatic rings. The normalized spacial score (nSPS) is 13.4. The summed E-state index contributed by atoms with van der Waals surface area (Å²) in [7, 11) is 0. The molecule has 3 amide bonds. The fourth-order valence-corrected chi connectivity index (χ4v) is 2.62. The summed E-state index contributed by atoms with van der Waals surface area (Å²) in [6.07, 6.45) is 2.72. The van der Waals surface area contributed by atoms with Crippen molar-refractivity contribution in [1.82, 2.24) is 16.0 Å². The lowest BCUT2D eigenvalue weighted by atomic mass is 10.1. The lowest BCUT2D eigenvalue weighted by Crippen LogP contribution is -2.54. The Morgan fingerprint density at radius 1 is 1.07 bits per heavy atom. The Kier molecular flexibility index (Phi) is 14.0. The first-order chi connectivity index (χ1) is 14.1. The van der Waals surface area contributed by atoms with Crippen LogP contribution in [0, 0.1) is 0 Å². The number of aliphatic carboxylic acids is 1. The molecule has 0 aliphatic heterocycles. The maximum Gasteiger partial charge on any atom is 0.326 e. The van der Waals surface area contributed by atoms with E-state index >= 15 is 0 Å². The fourth-order valence-electron chi connectivity index (χ4n) is 2.15. The molecule has 0 saturated carbocycles. The van der Waals surface area contributed by atoms with Crippen molar-refractivity contribution in [3.8, 4) is 0 Å². The van der Waals surface area contributed by atoms with Gasteiger partial charge in [-0.3, -0.25) is 19.4 Å². The number of carboxylic acids is 1. The first-order valence-corrected chi connectivity index (χ1v) is 10.5. The fraction of sp³-hybridized carbons (Fsp3) is 0.688. The van der Waals surface area contributed by atoms with Crippen LogP contribution in [-0.4, -0.2) is 89.7 Å². The van der Waals surface area contributed by atoms with E-state index in [1.165, 1.54) is 11.8 Å². The number of carboxylic acid groups (broad SMARTS) is 1. The molecule has 0 aromatic carbocycles. The number of aliphatic hydroxyl groups excluding tert-OH is 1. The SMILES string of the molecule is CSCCC(NC(=O)CNC(=O)C(CO)NC(=O)C(N)CCCN=C(N)N)C(=O)O. The average molecular weight is 450 g/mol. The quantitative estimate of drug-likeness (QED) is 0.0691. The van der Waals surface area contributed by atoms with Crippen molar-refractivity contribution < 1.29 is 29.4 Å². The topological polar surface area (TPSA) is 235 Å². The zero-order valence-corrected chi connectivity index (χ0v) is 17.6. The molecule has 0 saturated heterocycles. The summed E-state index contributed by atoms with van der Waals surface area (Å²) in [5, 5.41) is 25.2. The highest BCUT2D eigenvalue weighted by Crippen LogP contribution is 2.01. The van der Waals surface area contributed by atoms with Gasteiger partial charge in [0.15, 0.2) is 5.96 Å². The Balaban J connectivity index is 4.48. The molecular weight excluding hydrogens is 418 g/mol. The van der Waals surface area contributed by atoms with Gasteiger partial charge in [0.1, 0.15) is 12.1 Å². The lowest BCUT2D eigenvalue weighted by Gasteiger charge is -2.19. The summed E-state index contributed by atoms with van der Waals surface area (Å²) in [5.74, 6) is -2.91. The second kappa shape index (κ2) is 15.3. The van der Waals surface area contributed by atoms with Crippen LogP contribution >= 0.6 is 11.8 Å². The third kappa shape index (κ3) is 12.1. The molecule has 0 aromatic heterocycles. The van der Waals surface area contributed by atoms with E-state index < -0.39 is 55.0 Å². The van der Waals surface area contributed by atoms with E-state index in [0.29, 0.717) is 12.2 Å². The maximum atomic E-state index is 12.1. The summed E-state index contributed by atoms with van der Waals surface area (Å²) in [5.41, 5.74) is 16.1. The number of nitrogens with two attached hydrogens (primary N) is 3. The number of carbonyl (C=O) groups is 4. The zero-order valence-electron chi connectivity index (χ0n) is 16.8. The number of nitrogens with zero attached hydrogens (tertiary/aromatic N) is 1. The predicted molar refractivity (Wildman–Crippen MR) is 112 cm³/mol. The Morgan fingerprint density at radius 3 is 2.27 bits per heavy atom.